The summed E-state index contributed by atoms with van der Waals surface area (Å²) in [5, 5.41) is 2.82. The van der Waals surface area contributed by atoms with Crippen molar-refractivity contribution in [2.75, 3.05) is 11.5 Å². The van der Waals surface area contributed by atoms with Crippen LogP contribution < -0.4 is 0 Å². The summed E-state index contributed by atoms with van der Waals surface area (Å²) >= 11 is -0.479. The van der Waals surface area contributed by atoms with Gasteiger partial charge in [-0.3, -0.25) is 4.21 Å². The molecule has 0 aliphatic heterocycles. The molecular formula is C9H8F8N2OS3. The van der Waals surface area contributed by atoms with Crippen LogP contribution >= 0.6 is 23.1 Å². The molecule has 0 aliphatic rings. The van der Waals surface area contributed by atoms with Crippen LogP contribution in [0.4, 0.5) is 35.1 Å². The normalized spacial score (nSPS) is 16.4. The summed E-state index contributed by atoms with van der Waals surface area (Å²) in [6.07, 6.45) is -5.85. The van der Waals surface area contributed by atoms with Gasteiger partial charge in [0.05, 0.1) is 5.25 Å². The highest BCUT2D eigenvalue weighted by Crippen LogP contribution is 2.45. The fraction of sp³-hybridized carbons (Fsp3) is 0.778. The summed E-state index contributed by atoms with van der Waals surface area (Å²) in [7, 11) is -1.92. The zero-order valence-corrected chi connectivity index (χ0v) is 13.5. The summed E-state index contributed by atoms with van der Waals surface area (Å²) in [5.41, 5.74) is -4.50. The van der Waals surface area contributed by atoms with E-state index in [1.54, 1.807) is 0 Å². The third-order valence-corrected chi connectivity index (χ3v) is 6.29. The first kappa shape index (κ1) is 20.5. The number of rotatable bonds is 6. The average Bonchev–Trinajstić information content (AvgIpc) is 2.84. The van der Waals surface area contributed by atoms with E-state index in [4.69, 9.17) is 0 Å². The second-order valence-electron chi connectivity index (χ2n) is 4.04. The van der Waals surface area contributed by atoms with E-state index in [-0.39, 0.29) is 16.3 Å². The van der Waals surface area contributed by atoms with Crippen LogP contribution in [-0.2, 0) is 16.7 Å². The number of aromatic nitrogens is 2. The molecule has 0 N–H and O–H groups in total. The lowest BCUT2D eigenvalue weighted by atomic mass is 10.3. The monoisotopic (exact) mass is 408 g/mol. The van der Waals surface area contributed by atoms with Crippen molar-refractivity contribution in [2.24, 2.45) is 0 Å². The van der Waals surface area contributed by atoms with Crippen molar-refractivity contribution in [3.8, 4) is 0 Å². The fourth-order valence-electron chi connectivity index (χ4n) is 1.18. The number of nitrogens with zero attached hydrogens (tertiary/aromatic N) is 2. The zero-order valence-electron chi connectivity index (χ0n) is 11.0. The van der Waals surface area contributed by atoms with E-state index < -0.39 is 61.9 Å². The highest BCUT2D eigenvalue weighted by atomic mass is 32.2. The Kier molecular flexibility index (Phi) is 6.40. The van der Waals surface area contributed by atoms with E-state index in [1.807, 2.05) is 0 Å². The molecule has 2 unspecified atom stereocenters. The summed E-state index contributed by atoms with van der Waals surface area (Å²) < 4.78 is 110. The Labute approximate surface area is 135 Å². The predicted molar refractivity (Wildman–Crippen MR) is 69.8 cm³/mol. The van der Waals surface area contributed by atoms with Crippen LogP contribution in [0.15, 0.2) is 0 Å². The molecule has 23 heavy (non-hydrogen) atoms. The van der Waals surface area contributed by atoms with Gasteiger partial charge in [-0.2, -0.15) is 35.1 Å². The number of hydrogen-bond donors (Lipinski definition) is 0. The molecule has 134 valence electrons. The first-order valence-electron chi connectivity index (χ1n) is 5.62. The summed E-state index contributed by atoms with van der Waals surface area (Å²) in [6.45, 7) is 1.20. The van der Waals surface area contributed by atoms with E-state index in [2.05, 4.69) is 10.2 Å². The average molecular weight is 408 g/mol. The molecule has 1 heterocycles. The summed E-state index contributed by atoms with van der Waals surface area (Å²) in [4.78, 5) is 0. The molecule has 0 bridgehead atoms. The molecule has 1 rings (SSSR count). The van der Waals surface area contributed by atoms with Crippen LogP contribution in [0, 0.1) is 0 Å². The molecule has 0 amide bonds. The SMILES string of the molecule is CC(c1nnc(C(F)(F)C(F)(F)F)s1)S(=O)CCSC(F)(F)F. The molecule has 0 fully saturated rings. The van der Waals surface area contributed by atoms with Crippen molar-refractivity contribution in [2.45, 2.75) is 29.8 Å². The molecule has 0 aromatic carbocycles. The van der Waals surface area contributed by atoms with E-state index in [0.29, 0.717) is 0 Å². The lowest BCUT2D eigenvalue weighted by Crippen LogP contribution is -2.33. The van der Waals surface area contributed by atoms with E-state index in [1.165, 1.54) is 6.92 Å². The van der Waals surface area contributed by atoms with Crippen molar-refractivity contribution in [1.29, 1.82) is 0 Å². The minimum Gasteiger partial charge on any atom is -0.259 e. The van der Waals surface area contributed by atoms with E-state index >= 15 is 0 Å². The fourth-order valence-corrected chi connectivity index (χ4v) is 4.26. The molecule has 2 atom stereocenters. The Morgan fingerprint density at radius 1 is 1.13 bits per heavy atom. The minimum absolute atomic E-state index is 0.0722. The second kappa shape index (κ2) is 7.17. The molecular weight excluding hydrogens is 400 g/mol. The molecule has 1 aromatic heterocycles. The quantitative estimate of drug-likeness (QED) is 0.660. The van der Waals surface area contributed by atoms with Gasteiger partial charge in [0.25, 0.3) is 0 Å². The van der Waals surface area contributed by atoms with Crippen molar-refractivity contribution in [3.05, 3.63) is 10.0 Å². The van der Waals surface area contributed by atoms with E-state index in [9.17, 15) is 39.3 Å². The Morgan fingerprint density at radius 3 is 2.17 bits per heavy atom. The Morgan fingerprint density at radius 2 is 1.70 bits per heavy atom. The molecule has 0 radical (unpaired) electrons. The molecule has 3 nitrogen and oxygen atoms in total. The van der Waals surface area contributed by atoms with Gasteiger partial charge >= 0.3 is 17.6 Å². The van der Waals surface area contributed by atoms with Crippen LogP contribution in [0.2, 0.25) is 0 Å². The van der Waals surface area contributed by atoms with Crippen LogP contribution in [0.5, 0.6) is 0 Å². The minimum atomic E-state index is -5.85. The number of thioether (sulfide) groups is 1. The van der Waals surface area contributed by atoms with Crippen LogP contribution in [0.25, 0.3) is 0 Å². The molecule has 1 aromatic rings. The van der Waals surface area contributed by atoms with Crippen LogP contribution in [0.3, 0.4) is 0 Å². The maximum absolute atomic E-state index is 13.1. The van der Waals surface area contributed by atoms with Gasteiger partial charge in [0, 0.05) is 22.3 Å². The highest BCUT2D eigenvalue weighted by Gasteiger charge is 2.61. The van der Waals surface area contributed by atoms with Gasteiger partial charge in [-0.25, -0.2) is 0 Å². The topological polar surface area (TPSA) is 42.9 Å². The van der Waals surface area contributed by atoms with Gasteiger partial charge in [0.1, 0.15) is 5.01 Å². The molecule has 14 heteroatoms. The maximum atomic E-state index is 13.1. The molecule has 0 aliphatic carbocycles. The van der Waals surface area contributed by atoms with Crippen LogP contribution in [-0.4, -0.2) is 37.6 Å². The Hall–Kier alpha value is -0.500. The Balaban J connectivity index is 2.75. The van der Waals surface area contributed by atoms with Gasteiger partial charge in [-0.15, -0.1) is 10.2 Å². The summed E-state index contributed by atoms with van der Waals surface area (Å²) in [6, 6.07) is 0. The smallest absolute Gasteiger partial charge is 0.259 e. The number of halogens is 8. The zero-order chi connectivity index (χ0) is 18.1. The first-order valence-corrected chi connectivity index (χ1v) is 8.80. The van der Waals surface area contributed by atoms with Crippen molar-refractivity contribution in [1.82, 2.24) is 10.2 Å². The third kappa shape index (κ3) is 5.52. The molecule has 0 saturated carbocycles. The van der Waals surface area contributed by atoms with Gasteiger partial charge in [0.2, 0.25) is 0 Å². The highest BCUT2D eigenvalue weighted by molar-refractivity contribution is 8.00. The lowest BCUT2D eigenvalue weighted by molar-refractivity contribution is -0.289. The third-order valence-electron chi connectivity index (χ3n) is 2.36. The maximum Gasteiger partial charge on any atom is 0.460 e. The van der Waals surface area contributed by atoms with E-state index in [0.717, 1.165) is 0 Å². The predicted octanol–water partition coefficient (Wildman–Crippen LogP) is 4.25. The van der Waals surface area contributed by atoms with Gasteiger partial charge in [-0.1, -0.05) is 23.1 Å². The lowest BCUT2D eigenvalue weighted by Gasteiger charge is -2.15. The molecule has 0 saturated heterocycles. The van der Waals surface area contributed by atoms with Crippen molar-refractivity contribution >= 4 is 33.9 Å². The Bertz CT molecular complexity index is 556. The van der Waals surface area contributed by atoms with Crippen LogP contribution in [0.1, 0.15) is 22.2 Å². The molecule has 0 spiro atoms. The van der Waals surface area contributed by atoms with Gasteiger partial charge < -0.3 is 0 Å². The number of alkyl halides is 8. The largest absolute Gasteiger partial charge is 0.460 e. The standard InChI is InChI=1S/C9H8F8N2OS3/c1-4(23(20)3-2-21-9(15,16)17)5-18-19-6(22-5)7(10,11)8(12,13)14/h4H,2-3H2,1H3. The second-order valence-corrected chi connectivity index (χ2v) is 8.08. The number of hydrogen-bond acceptors (Lipinski definition) is 5. The van der Waals surface area contributed by atoms with Gasteiger partial charge in [-0.05, 0) is 6.92 Å². The van der Waals surface area contributed by atoms with Gasteiger partial charge in [0.15, 0.2) is 5.01 Å². The van der Waals surface area contributed by atoms with Crippen molar-refractivity contribution in [3.63, 3.8) is 0 Å². The first-order chi connectivity index (χ1) is 10.3. The summed E-state index contributed by atoms with van der Waals surface area (Å²) in [5.74, 6) is -6.16. The van der Waals surface area contributed by atoms with Crippen molar-refractivity contribution < 1.29 is 39.3 Å².